The molecule has 0 unspecified atom stereocenters. The average molecular weight is 356 g/mol. The Bertz CT molecular complexity index is 115. The maximum absolute atomic E-state index is 10.1. The molecular weight excluding hydrogens is 323 g/mol. The van der Waals surface area contributed by atoms with Crippen LogP contribution in [0.2, 0.25) is 0 Å². The third kappa shape index (κ3) is 1760. The van der Waals surface area contributed by atoms with Gasteiger partial charge in [0.2, 0.25) is 0 Å². The minimum atomic E-state index is -0.750. The van der Waals surface area contributed by atoms with Gasteiger partial charge in [0.05, 0.1) is 0 Å². The molecule has 0 radical (unpaired) electrons. The van der Waals surface area contributed by atoms with Crippen LogP contribution in [0.25, 0.3) is 0 Å². The summed E-state index contributed by atoms with van der Waals surface area (Å²) in [5.41, 5.74) is -2.25. The quantitative estimate of drug-likeness (QED) is 0.701. The van der Waals surface area contributed by atoms with E-state index in [0.717, 1.165) is 6.61 Å². The monoisotopic (exact) mass is 354 g/mol. The predicted octanol–water partition coefficient (Wildman–Crippen LogP) is 0.920. The van der Waals surface area contributed by atoms with Crippen molar-refractivity contribution in [3.8, 4) is 0 Å². The fourth-order valence-electron chi connectivity index (χ4n) is 0. The molecule has 0 aliphatic rings. The first-order valence-electron chi connectivity index (χ1n) is 6.31. The summed E-state index contributed by atoms with van der Waals surface area (Å²) in [5.74, 6) is 0. The zero-order valence-corrected chi connectivity index (χ0v) is 16.8. The van der Waals surface area contributed by atoms with Crippen LogP contribution in [0, 0.1) is 0 Å². The summed E-state index contributed by atoms with van der Waals surface area (Å²) in [6.45, 7) is 17.5. The van der Waals surface area contributed by atoms with Crippen LogP contribution >= 0.6 is 0 Å². The van der Waals surface area contributed by atoms with Crippen LogP contribution in [0.4, 0.5) is 0 Å². The zero-order chi connectivity index (χ0) is 16.9. The molecule has 0 heterocycles. The molecule has 0 amide bonds. The number of hydrogen-bond donors (Lipinski definition) is 0. The van der Waals surface area contributed by atoms with Gasteiger partial charge in [0.1, 0.15) is 0 Å². The van der Waals surface area contributed by atoms with E-state index < -0.39 is 16.8 Å². The first-order valence-corrected chi connectivity index (χ1v) is 7.32. The Hall–Kier alpha value is 0.723. The van der Waals surface area contributed by atoms with E-state index in [1.807, 2.05) is 6.92 Å². The average Bonchev–Trinajstić information content (AvgIpc) is 1.93. The topological polar surface area (TPSA) is 78.4 Å². The second-order valence-corrected chi connectivity index (χ2v) is 7.48. The van der Waals surface area contributed by atoms with E-state index in [-0.39, 0.29) is 0 Å². The normalized spacial score (nSPS) is 11.1. The molecular formula is C14H32O4Zr. The van der Waals surface area contributed by atoms with Gasteiger partial charge in [0.15, 0.2) is 0 Å². The SMILES string of the molecule is CC(C)(C)[O-].CC(C)(C)[O-].CC(C)(C)[O-].CC[O][Zr+3]. The fraction of sp³-hybridized carbons (Fsp3) is 1.00. The van der Waals surface area contributed by atoms with Crippen LogP contribution in [0.15, 0.2) is 0 Å². The second kappa shape index (κ2) is 13.7. The van der Waals surface area contributed by atoms with Crippen molar-refractivity contribution in [3.63, 3.8) is 0 Å². The van der Waals surface area contributed by atoms with Crippen LogP contribution in [0.3, 0.4) is 0 Å². The molecule has 0 atom stereocenters. The van der Waals surface area contributed by atoms with Crippen molar-refractivity contribution < 1.29 is 43.3 Å². The van der Waals surface area contributed by atoms with Crippen LogP contribution in [0.5, 0.6) is 0 Å². The van der Waals surface area contributed by atoms with E-state index in [4.69, 9.17) is 0 Å². The molecule has 0 aliphatic heterocycles. The molecule has 0 fully saturated rings. The van der Waals surface area contributed by atoms with Gasteiger partial charge in [-0.05, 0) is 0 Å². The zero-order valence-electron chi connectivity index (χ0n) is 14.3. The molecule has 0 saturated heterocycles. The van der Waals surface area contributed by atoms with Crippen molar-refractivity contribution in [2.24, 2.45) is 0 Å². The Labute approximate surface area is 136 Å². The van der Waals surface area contributed by atoms with Gasteiger partial charge in [0, 0.05) is 0 Å². The van der Waals surface area contributed by atoms with Crippen LogP contribution in [-0.4, -0.2) is 23.4 Å². The summed E-state index contributed by atoms with van der Waals surface area (Å²) in [6, 6.07) is 0. The molecule has 0 spiro atoms. The third-order valence-electron chi connectivity index (χ3n) is 0.144. The van der Waals surface area contributed by atoms with Crippen LogP contribution in [0.1, 0.15) is 69.2 Å². The molecule has 0 aromatic heterocycles. The van der Waals surface area contributed by atoms with Crippen LogP contribution < -0.4 is 15.3 Å². The van der Waals surface area contributed by atoms with Gasteiger partial charge < -0.3 is 15.3 Å². The molecule has 0 N–H and O–H groups in total. The first kappa shape index (κ1) is 28.0. The molecule has 0 saturated carbocycles. The maximum atomic E-state index is 10.1. The number of rotatable bonds is 1. The van der Waals surface area contributed by atoms with Crippen molar-refractivity contribution in [2.75, 3.05) is 6.61 Å². The van der Waals surface area contributed by atoms with Gasteiger partial charge >= 0.3 is 41.5 Å². The molecule has 0 aliphatic carbocycles. The molecule has 0 aromatic carbocycles. The standard InChI is InChI=1S/3C4H9O.C2H5O.Zr/c3*1-4(2,3)5;1-2-3;/h3*1-3H3;2H2,1H3;/q4*-1;+4. The van der Waals surface area contributed by atoms with Gasteiger partial charge in [-0.25, -0.2) is 0 Å². The molecule has 0 bridgehead atoms. The summed E-state index contributed by atoms with van der Waals surface area (Å²) in [6.07, 6.45) is 0. The summed E-state index contributed by atoms with van der Waals surface area (Å²) in [7, 11) is 0. The summed E-state index contributed by atoms with van der Waals surface area (Å²) in [4.78, 5) is 0. The Balaban J connectivity index is -0.0000000793. The second-order valence-electron chi connectivity index (χ2n) is 6.77. The first-order chi connectivity index (χ1) is 7.91. The van der Waals surface area contributed by atoms with Gasteiger partial charge in [0.25, 0.3) is 0 Å². The van der Waals surface area contributed by atoms with Gasteiger partial charge in [-0.1, -0.05) is 62.3 Å². The predicted molar refractivity (Wildman–Crippen MR) is 70.9 cm³/mol. The Kier molecular flexibility index (Phi) is 20.2. The van der Waals surface area contributed by atoms with Crippen molar-refractivity contribution in [2.45, 2.75) is 86.0 Å². The molecule has 116 valence electrons. The van der Waals surface area contributed by atoms with E-state index >= 15 is 0 Å². The molecule has 5 heteroatoms. The molecule has 0 rings (SSSR count). The summed E-state index contributed by atoms with van der Waals surface area (Å²) in [5, 5.41) is 30.3. The van der Waals surface area contributed by atoms with E-state index in [0.29, 0.717) is 0 Å². The van der Waals surface area contributed by atoms with Crippen molar-refractivity contribution in [1.82, 2.24) is 0 Å². The molecule has 19 heavy (non-hydrogen) atoms. The van der Waals surface area contributed by atoms with E-state index in [9.17, 15) is 15.3 Å². The van der Waals surface area contributed by atoms with E-state index in [2.05, 4.69) is 2.81 Å². The number of hydrogen-bond acceptors (Lipinski definition) is 4. The van der Waals surface area contributed by atoms with Gasteiger partial charge in [-0.2, -0.15) is 0 Å². The Morgan fingerprint density at radius 3 is 0.737 bits per heavy atom. The Morgan fingerprint density at radius 2 is 0.737 bits per heavy atom. The fourth-order valence-corrected chi connectivity index (χ4v) is 0. The van der Waals surface area contributed by atoms with Crippen molar-refractivity contribution in [3.05, 3.63) is 0 Å². The van der Waals surface area contributed by atoms with Gasteiger partial charge in [-0.3, -0.25) is 0 Å². The summed E-state index contributed by atoms with van der Waals surface area (Å²) < 4.78 is 4.63. The third-order valence-corrected chi connectivity index (χ3v) is 0.854. The minimum absolute atomic E-state index is 0.750. The van der Waals surface area contributed by atoms with E-state index in [1.54, 1.807) is 62.3 Å². The van der Waals surface area contributed by atoms with E-state index in [1.165, 1.54) is 25.2 Å². The van der Waals surface area contributed by atoms with Crippen molar-refractivity contribution >= 4 is 0 Å². The molecule has 4 nitrogen and oxygen atoms in total. The van der Waals surface area contributed by atoms with Crippen molar-refractivity contribution in [1.29, 1.82) is 0 Å². The Morgan fingerprint density at radius 1 is 0.684 bits per heavy atom. The summed E-state index contributed by atoms with van der Waals surface area (Å²) >= 11 is 1.17. The van der Waals surface area contributed by atoms with Crippen LogP contribution in [-0.2, 0) is 28.0 Å². The van der Waals surface area contributed by atoms with Gasteiger partial charge in [-0.15, -0.1) is 16.8 Å². The molecule has 0 aromatic rings.